The molecule has 21 heavy (non-hydrogen) atoms. The third kappa shape index (κ3) is 2.82. The van der Waals surface area contributed by atoms with Crippen molar-refractivity contribution in [3.63, 3.8) is 0 Å². The highest BCUT2D eigenvalue weighted by Gasteiger charge is 2.26. The number of likely N-dealkylation sites (tertiary alicyclic amines) is 1. The number of hydrogen-bond donors (Lipinski definition) is 1. The molecule has 112 valence electrons. The lowest BCUT2D eigenvalue weighted by atomic mass is 9.91. The maximum Gasteiger partial charge on any atom is 0.227 e. The molecule has 3 nitrogen and oxygen atoms in total. The Balaban J connectivity index is 1.81. The molecule has 1 aliphatic heterocycles. The number of nitrogens with zero attached hydrogens (tertiary/aromatic N) is 1. The number of benzene rings is 1. The lowest BCUT2D eigenvalue weighted by Crippen LogP contribution is -2.43. The molecule has 2 heterocycles. The average Bonchev–Trinajstić information content (AvgIpc) is 2.74. The van der Waals surface area contributed by atoms with Crippen molar-refractivity contribution in [2.75, 3.05) is 13.1 Å². The molecule has 1 amide bonds. The minimum Gasteiger partial charge on any atom is -0.358 e. The molecule has 0 aliphatic carbocycles. The molecule has 1 aliphatic rings. The summed E-state index contributed by atoms with van der Waals surface area (Å²) >= 11 is 0. The molecule has 0 spiro atoms. The second-order valence-corrected chi connectivity index (χ2v) is 6.70. The highest BCUT2D eigenvalue weighted by molar-refractivity contribution is 5.90. The van der Waals surface area contributed by atoms with Crippen LogP contribution in [0.3, 0.4) is 0 Å². The van der Waals surface area contributed by atoms with E-state index in [-0.39, 0.29) is 5.91 Å². The number of aromatic nitrogens is 1. The zero-order chi connectivity index (χ0) is 15.0. The van der Waals surface area contributed by atoms with Crippen LogP contribution in [0.15, 0.2) is 24.3 Å². The van der Waals surface area contributed by atoms with E-state index in [9.17, 15) is 4.79 Å². The summed E-state index contributed by atoms with van der Waals surface area (Å²) in [5.41, 5.74) is 3.39. The van der Waals surface area contributed by atoms with Crippen molar-refractivity contribution in [3.05, 3.63) is 35.5 Å². The van der Waals surface area contributed by atoms with Crippen LogP contribution in [0.5, 0.6) is 0 Å². The monoisotopic (exact) mass is 284 g/mol. The average molecular weight is 284 g/mol. The van der Waals surface area contributed by atoms with Gasteiger partial charge in [-0.2, -0.15) is 0 Å². The summed E-state index contributed by atoms with van der Waals surface area (Å²) in [6.45, 7) is 8.36. The summed E-state index contributed by atoms with van der Waals surface area (Å²) in [4.78, 5) is 18.1. The zero-order valence-electron chi connectivity index (χ0n) is 13.1. The van der Waals surface area contributed by atoms with Gasteiger partial charge in [-0.1, -0.05) is 32.0 Å². The van der Waals surface area contributed by atoms with Gasteiger partial charge in [0.1, 0.15) is 0 Å². The van der Waals surface area contributed by atoms with Gasteiger partial charge in [-0.15, -0.1) is 0 Å². The molecular formula is C18H24N2O. The second kappa shape index (κ2) is 5.55. The van der Waals surface area contributed by atoms with E-state index in [1.54, 1.807) is 0 Å². The molecule has 1 aromatic heterocycles. The van der Waals surface area contributed by atoms with Gasteiger partial charge in [0.05, 0.1) is 6.42 Å². The molecule has 2 aromatic rings. The summed E-state index contributed by atoms with van der Waals surface area (Å²) in [5.74, 6) is 1.49. The van der Waals surface area contributed by atoms with Crippen molar-refractivity contribution in [1.29, 1.82) is 0 Å². The highest BCUT2D eigenvalue weighted by Crippen LogP contribution is 2.25. The topological polar surface area (TPSA) is 36.1 Å². The second-order valence-electron chi connectivity index (χ2n) is 6.70. The standard InChI is InChI=1S/C18H24N2O/c1-12-8-13(2)11-20(10-12)18(21)9-16-14(3)19-17-7-5-4-6-15(16)17/h4-7,12-13,19H,8-11H2,1-3H3. The highest BCUT2D eigenvalue weighted by atomic mass is 16.2. The zero-order valence-corrected chi connectivity index (χ0v) is 13.1. The summed E-state index contributed by atoms with van der Waals surface area (Å²) < 4.78 is 0. The SMILES string of the molecule is Cc1[nH]c2ccccc2c1CC(=O)N1CC(C)CC(C)C1. The fourth-order valence-electron chi connectivity index (χ4n) is 3.69. The van der Waals surface area contributed by atoms with Crippen molar-refractivity contribution in [1.82, 2.24) is 9.88 Å². The Labute approximate surface area is 126 Å². The van der Waals surface area contributed by atoms with Crippen molar-refractivity contribution >= 4 is 16.8 Å². The number of amides is 1. The number of rotatable bonds is 2. The molecule has 0 saturated carbocycles. The van der Waals surface area contributed by atoms with Crippen LogP contribution >= 0.6 is 0 Å². The number of carbonyl (C=O) groups is 1. The first-order valence-corrected chi connectivity index (χ1v) is 7.88. The molecule has 3 rings (SSSR count). The number of H-pyrrole nitrogens is 1. The molecular weight excluding hydrogens is 260 g/mol. The molecule has 2 atom stereocenters. The Morgan fingerprint density at radius 1 is 1.24 bits per heavy atom. The normalized spacial score (nSPS) is 22.7. The molecule has 3 heteroatoms. The van der Waals surface area contributed by atoms with Gasteiger partial charge >= 0.3 is 0 Å². The Hall–Kier alpha value is -1.77. The Kier molecular flexibility index (Phi) is 3.75. The van der Waals surface area contributed by atoms with Crippen LogP contribution in [-0.4, -0.2) is 28.9 Å². The van der Waals surface area contributed by atoms with E-state index in [0.717, 1.165) is 29.9 Å². The third-order valence-corrected chi connectivity index (χ3v) is 4.58. The van der Waals surface area contributed by atoms with Crippen LogP contribution in [-0.2, 0) is 11.2 Å². The van der Waals surface area contributed by atoms with Crippen LogP contribution in [0.4, 0.5) is 0 Å². The van der Waals surface area contributed by atoms with E-state index >= 15 is 0 Å². The molecule has 0 bridgehead atoms. The van der Waals surface area contributed by atoms with Gasteiger partial charge in [-0.3, -0.25) is 4.79 Å². The van der Waals surface area contributed by atoms with E-state index in [0.29, 0.717) is 18.3 Å². The van der Waals surface area contributed by atoms with Crippen molar-refractivity contribution in [3.8, 4) is 0 Å². The molecule has 1 N–H and O–H groups in total. The van der Waals surface area contributed by atoms with Gasteiger partial charge in [-0.25, -0.2) is 0 Å². The quantitative estimate of drug-likeness (QED) is 0.900. The Bertz CT molecular complexity index is 648. The lowest BCUT2D eigenvalue weighted by Gasteiger charge is -2.35. The number of para-hydroxylation sites is 1. The molecule has 1 saturated heterocycles. The lowest BCUT2D eigenvalue weighted by molar-refractivity contribution is -0.133. The first-order valence-electron chi connectivity index (χ1n) is 7.88. The molecule has 0 radical (unpaired) electrons. The number of aryl methyl sites for hydroxylation is 1. The Morgan fingerprint density at radius 3 is 2.62 bits per heavy atom. The van der Waals surface area contributed by atoms with E-state index in [1.807, 2.05) is 12.1 Å². The number of fused-ring (bicyclic) bond motifs is 1. The van der Waals surface area contributed by atoms with Crippen molar-refractivity contribution in [2.45, 2.75) is 33.6 Å². The van der Waals surface area contributed by atoms with Gasteiger partial charge in [-0.05, 0) is 36.8 Å². The van der Waals surface area contributed by atoms with Gasteiger partial charge in [0.15, 0.2) is 0 Å². The summed E-state index contributed by atoms with van der Waals surface area (Å²) in [6, 6.07) is 8.23. The number of hydrogen-bond acceptors (Lipinski definition) is 1. The smallest absolute Gasteiger partial charge is 0.227 e. The third-order valence-electron chi connectivity index (χ3n) is 4.58. The largest absolute Gasteiger partial charge is 0.358 e. The number of aromatic amines is 1. The first kappa shape index (κ1) is 14.2. The van der Waals surface area contributed by atoms with Gasteiger partial charge in [0.25, 0.3) is 0 Å². The predicted octanol–water partition coefficient (Wildman–Crippen LogP) is 3.52. The minimum atomic E-state index is 0.265. The summed E-state index contributed by atoms with van der Waals surface area (Å²) in [5, 5.41) is 1.18. The van der Waals surface area contributed by atoms with Gasteiger partial charge < -0.3 is 9.88 Å². The predicted molar refractivity (Wildman–Crippen MR) is 86.3 cm³/mol. The Morgan fingerprint density at radius 2 is 1.90 bits per heavy atom. The maximum absolute atomic E-state index is 12.7. The van der Waals surface area contributed by atoms with Crippen LogP contribution in [0.25, 0.3) is 10.9 Å². The van der Waals surface area contributed by atoms with Crippen molar-refractivity contribution < 1.29 is 4.79 Å². The number of carbonyl (C=O) groups excluding carboxylic acids is 1. The van der Waals surface area contributed by atoms with Crippen LogP contribution < -0.4 is 0 Å². The van der Waals surface area contributed by atoms with Crippen LogP contribution in [0.1, 0.15) is 31.5 Å². The van der Waals surface area contributed by atoms with E-state index in [2.05, 4.69) is 42.8 Å². The minimum absolute atomic E-state index is 0.265. The summed E-state index contributed by atoms with van der Waals surface area (Å²) in [7, 11) is 0. The number of nitrogens with one attached hydrogen (secondary N) is 1. The van der Waals surface area contributed by atoms with Gasteiger partial charge in [0.2, 0.25) is 5.91 Å². The maximum atomic E-state index is 12.7. The van der Waals surface area contributed by atoms with Crippen molar-refractivity contribution in [2.24, 2.45) is 11.8 Å². The van der Waals surface area contributed by atoms with E-state index in [1.165, 1.54) is 11.8 Å². The fourth-order valence-corrected chi connectivity index (χ4v) is 3.69. The van der Waals surface area contributed by atoms with E-state index in [4.69, 9.17) is 0 Å². The number of piperidine rings is 1. The molecule has 2 unspecified atom stereocenters. The van der Waals surface area contributed by atoms with Gasteiger partial charge in [0, 0.05) is 29.7 Å². The van der Waals surface area contributed by atoms with E-state index < -0.39 is 0 Å². The van der Waals surface area contributed by atoms with Crippen LogP contribution in [0, 0.1) is 18.8 Å². The molecule has 1 fully saturated rings. The molecule has 1 aromatic carbocycles. The summed E-state index contributed by atoms with van der Waals surface area (Å²) in [6.07, 6.45) is 1.74. The van der Waals surface area contributed by atoms with Crippen LogP contribution in [0.2, 0.25) is 0 Å². The fraction of sp³-hybridized carbons (Fsp3) is 0.500. The first-order chi connectivity index (χ1) is 10.0.